The van der Waals surface area contributed by atoms with Gasteiger partial charge in [0.2, 0.25) is 5.75 Å². The molecule has 132 valence electrons. The molecule has 0 spiro atoms. The number of halogens is 1. The molecule has 0 saturated heterocycles. The van der Waals surface area contributed by atoms with Crippen LogP contribution in [-0.2, 0) is 9.53 Å². The van der Waals surface area contributed by atoms with Crippen molar-refractivity contribution in [1.82, 2.24) is 5.32 Å². The maximum Gasteiger partial charge on any atom is 0.408 e. The number of carbonyl (C=O) groups is 2. The summed E-state index contributed by atoms with van der Waals surface area (Å²) in [6.07, 6.45) is -0.952. The number of aliphatic carboxylic acids is 1. The number of nitro benzene ring substituents is 1. The summed E-state index contributed by atoms with van der Waals surface area (Å²) in [6, 6.07) is 2.41. The number of para-hydroxylation sites is 1. The summed E-state index contributed by atoms with van der Waals surface area (Å²) >= 11 is 5.84. The molecule has 10 heteroatoms. The quantitative estimate of drug-likeness (QED) is 0.589. The van der Waals surface area contributed by atoms with Gasteiger partial charge in [0.15, 0.2) is 6.04 Å². The lowest BCUT2D eigenvalue weighted by Crippen LogP contribution is -2.46. The second-order valence-corrected chi connectivity index (χ2v) is 6.10. The Kier molecular flexibility index (Phi) is 6.35. The molecular formula is C14H17ClN2O7. The fraction of sp³-hybridized carbons (Fsp3) is 0.429. The van der Waals surface area contributed by atoms with Crippen LogP contribution in [0.15, 0.2) is 18.2 Å². The SMILES string of the molecule is CC(C)(C)OC(=O)N[C@@H](COc1c(Cl)cccc1[N+](=O)[O-])C(=O)O. The van der Waals surface area contributed by atoms with Crippen LogP contribution in [0.4, 0.5) is 10.5 Å². The summed E-state index contributed by atoms with van der Waals surface area (Å²) in [5.41, 5.74) is -1.22. The Morgan fingerprint density at radius 3 is 2.54 bits per heavy atom. The highest BCUT2D eigenvalue weighted by atomic mass is 35.5. The summed E-state index contributed by atoms with van der Waals surface area (Å²) in [6.45, 7) is 4.28. The first-order valence-corrected chi connectivity index (χ1v) is 7.17. The Bertz CT molecular complexity index is 643. The van der Waals surface area contributed by atoms with E-state index in [-0.39, 0.29) is 10.8 Å². The number of amides is 1. The maximum absolute atomic E-state index is 11.6. The summed E-state index contributed by atoms with van der Waals surface area (Å²) in [5, 5.41) is 22.1. The van der Waals surface area contributed by atoms with Crippen LogP contribution in [0, 0.1) is 10.1 Å². The average Bonchev–Trinajstić information content (AvgIpc) is 2.41. The van der Waals surface area contributed by atoms with Crippen LogP contribution >= 0.6 is 11.6 Å². The van der Waals surface area contributed by atoms with Crippen molar-refractivity contribution in [2.45, 2.75) is 32.4 Å². The van der Waals surface area contributed by atoms with E-state index in [1.54, 1.807) is 20.8 Å². The monoisotopic (exact) mass is 360 g/mol. The Morgan fingerprint density at radius 2 is 2.04 bits per heavy atom. The fourth-order valence-corrected chi connectivity index (χ4v) is 1.80. The minimum atomic E-state index is -1.48. The molecule has 1 amide bonds. The van der Waals surface area contributed by atoms with Crippen LogP contribution in [0.1, 0.15) is 20.8 Å². The van der Waals surface area contributed by atoms with E-state index in [0.29, 0.717) is 0 Å². The number of hydrogen-bond acceptors (Lipinski definition) is 6. The third-order valence-corrected chi connectivity index (χ3v) is 2.82. The molecule has 0 aliphatic carbocycles. The van der Waals surface area contributed by atoms with E-state index >= 15 is 0 Å². The van der Waals surface area contributed by atoms with Gasteiger partial charge in [0, 0.05) is 6.07 Å². The number of alkyl carbamates (subject to hydrolysis) is 1. The highest BCUT2D eigenvalue weighted by Gasteiger charge is 2.26. The van der Waals surface area contributed by atoms with E-state index in [1.165, 1.54) is 12.1 Å². The number of nitro groups is 1. The lowest BCUT2D eigenvalue weighted by Gasteiger charge is -2.22. The molecule has 1 aromatic rings. The third kappa shape index (κ3) is 5.92. The van der Waals surface area contributed by atoms with Gasteiger partial charge in [0.05, 0.1) is 9.95 Å². The minimum Gasteiger partial charge on any atom is -0.483 e. The third-order valence-electron chi connectivity index (χ3n) is 2.53. The van der Waals surface area contributed by atoms with Gasteiger partial charge in [-0.1, -0.05) is 17.7 Å². The number of nitrogens with zero attached hydrogens (tertiary/aromatic N) is 1. The topological polar surface area (TPSA) is 128 Å². The molecule has 0 fully saturated rings. The van der Waals surface area contributed by atoms with Crippen LogP contribution < -0.4 is 10.1 Å². The molecule has 2 N–H and O–H groups in total. The molecule has 9 nitrogen and oxygen atoms in total. The van der Waals surface area contributed by atoms with Gasteiger partial charge < -0.3 is 19.9 Å². The Morgan fingerprint density at radius 1 is 1.42 bits per heavy atom. The van der Waals surface area contributed by atoms with Gasteiger partial charge in [-0.25, -0.2) is 9.59 Å². The Hall–Kier alpha value is -2.55. The zero-order valence-corrected chi connectivity index (χ0v) is 14.0. The predicted molar refractivity (Wildman–Crippen MR) is 84.4 cm³/mol. The van der Waals surface area contributed by atoms with Crippen molar-refractivity contribution < 1.29 is 29.1 Å². The van der Waals surface area contributed by atoms with Crippen molar-refractivity contribution in [3.8, 4) is 5.75 Å². The second-order valence-electron chi connectivity index (χ2n) is 5.69. The highest BCUT2D eigenvalue weighted by molar-refractivity contribution is 6.32. The molecule has 1 aromatic carbocycles. The number of benzene rings is 1. The van der Waals surface area contributed by atoms with Crippen molar-refractivity contribution in [2.75, 3.05) is 6.61 Å². The molecular weight excluding hydrogens is 344 g/mol. The van der Waals surface area contributed by atoms with Gasteiger partial charge in [-0.15, -0.1) is 0 Å². The first-order valence-electron chi connectivity index (χ1n) is 6.79. The largest absolute Gasteiger partial charge is 0.483 e. The summed E-state index contributed by atoms with van der Waals surface area (Å²) in [7, 11) is 0. The van der Waals surface area contributed by atoms with Gasteiger partial charge in [0.25, 0.3) is 0 Å². The van der Waals surface area contributed by atoms with Gasteiger partial charge >= 0.3 is 17.7 Å². The van der Waals surface area contributed by atoms with Crippen molar-refractivity contribution in [2.24, 2.45) is 0 Å². The molecule has 0 saturated carbocycles. The lowest BCUT2D eigenvalue weighted by molar-refractivity contribution is -0.385. The number of rotatable bonds is 6. The van der Waals surface area contributed by atoms with E-state index in [0.717, 1.165) is 6.07 Å². The molecule has 0 aliphatic rings. The smallest absolute Gasteiger partial charge is 0.408 e. The highest BCUT2D eigenvalue weighted by Crippen LogP contribution is 2.34. The zero-order valence-electron chi connectivity index (χ0n) is 13.2. The molecule has 0 bridgehead atoms. The minimum absolute atomic E-state index is 0.0504. The number of hydrogen-bond donors (Lipinski definition) is 2. The summed E-state index contributed by atoms with van der Waals surface area (Å²) in [5.74, 6) is -1.67. The lowest BCUT2D eigenvalue weighted by atomic mass is 10.2. The van der Waals surface area contributed by atoms with Crippen LogP contribution in [0.2, 0.25) is 5.02 Å². The Labute approximate surface area is 142 Å². The van der Waals surface area contributed by atoms with Crippen molar-refractivity contribution in [1.29, 1.82) is 0 Å². The fourth-order valence-electron chi connectivity index (χ4n) is 1.58. The van der Waals surface area contributed by atoms with Gasteiger partial charge in [0.1, 0.15) is 12.2 Å². The molecule has 0 unspecified atom stereocenters. The van der Waals surface area contributed by atoms with Crippen molar-refractivity contribution in [3.05, 3.63) is 33.3 Å². The van der Waals surface area contributed by atoms with Crippen LogP contribution in [-0.4, -0.2) is 40.3 Å². The number of carbonyl (C=O) groups excluding carboxylic acids is 1. The standard InChI is InChI=1S/C14H17ClN2O7/c1-14(2,3)24-13(20)16-9(12(18)19)7-23-11-8(15)5-4-6-10(11)17(21)22/h4-6,9H,7H2,1-3H3,(H,16,20)(H,18,19)/t9-/m0/s1. The van der Waals surface area contributed by atoms with Gasteiger partial charge in [-0.3, -0.25) is 10.1 Å². The van der Waals surface area contributed by atoms with Crippen molar-refractivity contribution in [3.63, 3.8) is 0 Å². The van der Waals surface area contributed by atoms with Crippen LogP contribution in [0.3, 0.4) is 0 Å². The molecule has 1 atom stereocenters. The van der Waals surface area contributed by atoms with E-state index < -0.39 is 40.9 Å². The van der Waals surface area contributed by atoms with Crippen LogP contribution in [0.25, 0.3) is 0 Å². The van der Waals surface area contributed by atoms with Gasteiger partial charge in [-0.2, -0.15) is 0 Å². The van der Waals surface area contributed by atoms with E-state index in [4.69, 9.17) is 26.2 Å². The predicted octanol–water partition coefficient (Wildman–Crippen LogP) is 2.60. The summed E-state index contributed by atoms with van der Waals surface area (Å²) < 4.78 is 10.1. The van der Waals surface area contributed by atoms with E-state index in [1.807, 2.05) is 0 Å². The number of ether oxygens (including phenoxy) is 2. The number of carboxylic acids is 1. The molecule has 1 rings (SSSR count). The van der Waals surface area contributed by atoms with Crippen molar-refractivity contribution >= 4 is 29.4 Å². The number of carboxylic acid groups (broad SMARTS) is 1. The molecule has 0 radical (unpaired) electrons. The average molecular weight is 361 g/mol. The van der Waals surface area contributed by atoms with Crippen LogP contribution in [0.5, 0.6) is 5.75 Å². The first-order chi connectivity index (χ1) is 11.0. The molecule has 0 heterocycles. The zero-order chi connectivity index (χ0) is 18.5. The molecule has 0 aromatic heterocycles. The summed E-state index contributed by atoms with van der Waals surface area (Å²) in [4.78, 5) is 33.1. The van der Waals surface area contributed by atoms with E-state index in [2.05, 4.69) is 5.32 Å². The Balaban J connectivity index is 2.84. The number of nitrogens with one attached hydrogen (secondary N) is 1. The maximum atomic E-state index is 11.6. The second kappa shape index (κ2) is 7.82. The molecule has 24 heavy (non-hydrogen) atoms. The molecule has 0 aliphatic heterocycles. The van der Waals surface area contributed by atoms with Gasteiger partial charge in [-0.05, 0) is 26.8 Å². The normalized spacial score (nSPS) is 12.2. The first kappa shape index (κ1) is 19.5. The van der Waals surface area contributed by atoms with E-state index in [9.17, 15) is 19.7 Å².